The van der Waals surface area contributed by atoms with E-state index in [0.717, 1.165) is 0 Å². The minimum Gasteiger partial charge on any atom is -0.366 e. The SMILES string of the molecule is O=C(Nc1ncn[nH]1)C(=O)N1CCN(c2ccccc2F)CC1. The molecule has 1 aliphatic heterocycles. The van der Waals surface area contributed by atoms with Gasteiger partial charge in [0, 0.05) is 26.2 Å². The first kappa shape index (κ1) is 14.9. The number of carbonyl (C=O) groups is 2. The van der Waals surface area contributed by atoms with E-state index in [1.165, 1.54) is 17.3 Å². The lowest BCUT2D eigenvalue weighted by atomic mass is 10.2. The monoisotopic (exact) mass is 318 g/mol. The van der Waals surface area contributed by atoms with Crippen LogP contribution < -0.4 is 10.2 Å². The Kier molecular flexibility index (Phi) is 4.18. The van der Waals surface area contributed by atoms with Gasteiger partial charge in [-0.15, -0.1) is 0 Å². The van der Waals surface area contributed by atoms with E-state index in [0.29, 0.717) is 31.9 Å². The van der Waals surface area contributed by atoms with Crippen LogP contribution in [0, 0.1) is 5.82 Å². The molecule has 23 heavy (non-hydrogen) atoms. The van der Waals surface area contributed by atoms with Crippen LogP contribution in [0.5, 0.6) is 0 Å². The van der Waals surface area contributed by atoms with E-state index in [9.17, 15) is 14.0 Å². The number of aromatic amines is 1. The maximum absolute atomic E-state index is 13.8. The van der Waals surface area contributed by atoms with Crippen molar-refractivity contribution in [3.63, 3.8) is 0 Å². The number of hydrogen-bond donors (Lipinski definition) is 2. The second-order valence-corrected chi connectivity index (χ2v) is 5.02. The Hall–Kier alpha value is -2.97. The van der Waals surface area contributed by atoms with E-state index in [1.54, 1.807) is 18.2 Å². The van der Waals surface area contributed by atoms with E-state index in [-0.39, 0.29) is 11.8 Å². The summed E-state index contributed by atoms with van der Waals surface area (Å²) in [4.78, 5) is 31.0. The molecule has 0 spiro atoms. The van der Waals surface area contributed by atoms with Gasteiger partial charge in [-0.2, -0.15) is 10.1 Å². The molecular weight excluding hydrogens is 303 g/mol. The van der Waals surface area contributed by atoms with Crippen molar-refractivity contribution in [3.8, 4) is 0 Å². The Balaban J connectivity index is 1.57. The third-order valence-corrected chi connectivity index (χ3v) is 3.60. The number of anilines is 2. The number of piperazine rings is 1. The Morgan fingerprint density at radius 2 is 1.91 bits per heavy atom. The molecule has 0 bridgehead atoms. The first-order valence-corrected chi connectivity index (χ1v) is 7.10. The smallest absolute Gasteiger partial charge is 0.316 e. The molecule has 2 amide bonds. The van der Waals surface area contributed by atoms with Crippen molar-refractivity contribution >= 4 is 23.5 Å². The van der Waals surface area contributed by atoms with Gasteiger partial charge >= 0.3 is 11.8 Å². The number of benzene rings is 1. The molecule has 1 aliphatic rings. The van der Waals surface area contributed by atoms with E-state index in [4.69, 9.17) is 0 Å². The van der Waals surface area contributed by atoms with Crippen molar-refractivity contribution in [1.82, 2.24) is 20.1 Å². The summed E-state index contributed by atoms with van der Waals surface area (Å²) in [6.07, 6.45) is 1.23. The lowest BCUT2D eigenvalue weighted by Crippen LogP contribution is -2.51. The number of aromatic nitrogens is 3. The molecule has 2 heterocycles. The number of H-pyrrole nitrogens is 1. The summed E-state index contributed by atoms with van der Waals surface area (Å²) in [6.45, 7) is 1.61. The predicted octanol–water partition coefficient (Wildman–Crippen LogP) is 0.231. The summed E-state index contributed by atoms with van der Waals surface area (Å²) in [5, 5.41) is 8.37. The van der Waals surface area contributed by atoms with Gasteiger partial charge in [-0.1, -0.05) is 12.1 Å². The zero-order chi connectivity index (χ0) is 16.2. The first-order chi connectivity index (χ1) is 11.1. The topological polar surface area (TPSA) is 94.2 Å². The molecule has 1 aromatic carbocycles. The Bertz CT molecular complexity index is 697. The van der Waals surface area contributed by atoms with Crippen LogP contribution in [0.4, 0.5) is 16.0 Å². The summed E-state index contributed by atoms with van der Waals surface area (Å²) in [6, 6.07) is 6.49. The normalized spacial score (nSPS) is 14.7. The Morgan fingerprint density at radius 3 is 2.57 bits per heavy atom. The predicted molar refractivity (Wildman–Crippen MR) is 80.2 cm³/mol. The summed E-state index contributed by atoms with van der Waals surface area (Å²) in [5.41, 5.74) is 0.505. The van der Waals surface area contributed by atoms with Crippen LogP contribution >= 0.6 is 0 Å². The molecule has 2 aromatic rings. The minimum absolute atomic E-state index is 0.119. The molecule has 1 aromatic heterocycles. The fourth-order valence-electron chi connectivity index (χ4n) is 2.43. The third-order valence-electron chi connectivity index (χ3n) is 3.60. The van der Waals surface area contributed by atoms with Gasteiger partial charge in [0.25, 0.3) is 0 Å². The van der Waals surface area contributed by atoms with Gasteiger partial charge in [-0.25, -0.2) is 9.49 Å². The van der Waals surface area contributed by atoms with Gasteiger partial charge in [0.2, 0.25) is 5.95 Å². The molecule has 120 valence electrons. The average Bonchev–Trinajstić information content (AvgIpc) is 3.08. The summed E-state index contributed by atoms with van der Waals surface area (Å²) >= 11 is 0. The second-order valence-electron chi connectivity index (χ2n) is 5.02. The third kappa shape index (κ3) is 3.28. The van der Waals surface area contributed by atoms with Gasteiger partial charge in [-0.3, -0.25) is 14.9 Å². The average molecular weight is 318 g/mol. The number of rotatable bonds is 2. The molecular formula is C14H15FN6O2. The minimum atomic E-state index is -0.777. The molecule has 3 rings (SSSR count). The highest BCUT2D eigenvalue weighted by molar-refractivity contribution is 6.39. The largest absolute Gasteiger partial charge is 0.366 e. The summed E-state index contributed by atoms with van der Waals surface area (Å²) < 4.78 is 13.8. The molecule has 0 radical (unpaired) electrons. The number of nitrogens with one attached hydrogen (secondary N) is 2. The lowest BCUT2D eigenvalue weighted by Gasteiger charge is -2.35. The molecule has 8 nitrogen and oxygen atoms in total. The van der Waals surface area contributed by atoms with Crippen molar-refractivity contribution in [2.45, 2.75) is 0 Å². The van der Waals surface area contributed by atoms with Crippen molar-refractivity contribution < 1.29 is 14.0 Å². The van der Waals surface area contributed by atoms with Gasteiger partial charge in [0.05, 0.1) is 5.69 Å². The summed E-state index contributed by atoms with van der Waals surface area (Å²) in [7, 11) is 0. The van der Waals surface area contributed by atoms with Gasteiger partial charge < -0.3 is 9.80 Å². The van der Waals surface area contributed by atoms with Gasteiger partial charge in [-0.05, 0) is 12.1 Å². The zero-order valence-electron chi connectivity index (χ0n) is 12.2. The number of carbonyl (C=O) groups excluding carboxylic acids is 2. The van der Waals surface area contributed by atoms with E-state index in [2.05, 4.69) is 20.5 Å². The number of hydrogen-bond acceptors (Lipinski definition) is 5. The van der Waals surface area contributed by atoms with Crippen molar-refractivity contribution in [1.29, 1.82) is 0 Å². The van der Waals surface area contributed by atoms with Crippen LogP contribution in [0.3, 0.4) is 0 Å². The van der Waals surface area contributed by atoms with Crippen molar-refractivity contribution in [3.05, 3.63) is 36.4 Å². The van der Waals surface area contributed by atoms with Crippen molar-refractivity contribution in [2.24, 2.45) is 0 Å². The lowest BCUT2D eigenvalue weighted by molar-refractivity contribution is -0.143. The van der Waals surface area contributed by atoms with Crippen LogP contribution in [-0.2, 0) is 9.59 Å². The van der Waals surface area contributed by atoms with Crippen LogP contribution in [0.2, 0.25) is 0 Å². The fourth-order valence-corrected chi connectivity index (χ4v) is 2.43. The van der Waals surface area contributed by atoms with Crippen LogP contribution in [0.1, 0.15) is 0 Å². The first-order valence-electron chi connectivity index (χ1n) is 7.10. The van der Waals surface area contributed by atoms with Crippen LogP contribution in [-0.4, -0.2) is 58.1 Å². The quantitative estimate of drug-likeness (QED) is 0.773. The number of nitrogens with zero attached hydrogens (tertiary/aromatic N) is 4. The summed E-state index contributed by atoms with van der Waals surface area (Å²) in [5.74, 6) is -1.60. The zero-order valence-corrected chi connectivity index (χ0v) is 12.2. The molecule has 2 N–H and O–H groups in total. The number of para-hydroxylation sites is 1. The molecule has 0 unspecified atom stereocenters. The molecule has 0 atom stereocenters. The highest BCUT2D eigenvalue weighted by Gasteiger charge is 2.27. The standard InChI is InChI=1S/C14H15FN6O2/c15-10-3-1-2-4-11(10)20-5-7-21(8-6-20)13(23)12(22)18-14-16-9-17-19-14/h1-4,9H,5-8H2,(H2,16,17,18,19,22). The van der Waals surface area contributed by atoms with Gasteiger partial charge in [0.1, 0.15) is 12.1 Å². The van der Waals surface area contributed by atoms with E-state index < -0.39 is 11.8 Å². The highest BCUT2D eigenvalue weighted by Crippen LogP contribution is 2.20. The molecule has 1 saturated heterocycles. The Labute approximate surface area is 131 Å². The molecule has 0 saturated carbocycles. The molecule has 9 heteroatoms. The highest BCUT2D eigenvalue weighted by atomic mass is 19.1. The van der Waals surface area contributed by atoms with Crippen LogP contribution in [0.25, 0.3) is 0 Å². The fraction of sp³-hybridized carbons (Fsp3) is 0.286. The maximum atomic E-state index is 13.8. The van der Waals surface area contributed by atoms with Crippen LogP contribution in [0.15, 0.2) is 30.6 Å². The molecule has 0 aliphatic carbocycles. The molecule has 1 fully saturated rings. The number of halogens is 1. The van der Waals surface area contributed by atoms with E-state index >= 15 is 0 Å². The Morgan fingerprint density at radius 1 is 1.17 bits per heavy atom. The number of amides is 2. The van der Waals surface area contributed by atoms with Crippen molar-refractivity contribution in [2.75, 3.05) is 36.4 Å². The van der Waals surface area contributed by atoms with E-state index in [1.807, 2.05) is 4.90 Å². The maximum Gasteiger partial charge on any atom is 0.316 e. The van der Waals surface area contributed by atoms with Gasteiger partial charge in [0.15, 0.2) is 0 Å². The second kappa shape index (κ2) is 6.42.